The van der Waals surface area contributed by atoms with E-state index >= 15 is 0 Å². The maximum atomic E-state index is 5.53. The molecule has 1 rings (SSSR count). The first-order valence-electron chi connectivity index (χ1n) is 4.76. The van der Waals surface area contributed by atoms with Crippen LogP contribution in [0.25, 0.3) is 0 Å². The van der Waals surface area contributed by atoms with E-state index in [9.17, 15) is 0 Å². The molecular formula is C11H18N2. The summed E-state index contributed by atoms with van der Waals surface area (Å²) in [7, 11) is 1.89. The van der Waals surface area contributed by atoms with Crippen molar-refractivity contribution >= 4 is 0 Å². The number of benzene rings is 1. The van der Waals surface area contributed by atoms with Crippen molar-refractivity contribution in [3.63, 3.8) is 0 Å². The third-order valence-electron chi connectivity index (χ3n) is 2.18. The van der Waals surface area contributed by atoms with Gasteiger partial charge in [0.15, 0.2) is 0 Å². The van der Waals surface area contributed by atoms with E-state index in [0.29, 0.717) is 0 Å². The molecule has 0 fully saturated rings. The lowest BCUT2D eigenvalue weighted by Gasteiger charge is -2.09. The first-order valence-corrected chi connectivity index (χ1v) is 4.76. The van der Waals surface area contributed by atoms with Crippen LogP contribution in [-0.4, -0.2) is 18.6 Å². The van der Waals surface area contributed by atoms with Gasteiger partial charge in [-0.25, -0.2) is 5.01 Å². The molecule has 0 atom stereocenters. The van der Waals surface area contributed by atoms with Crippen LogP contribution in [0, 0.1) is 0 Å². The van der Waals surface area contributed by atoms with Crippen LogP contribution in [-0.2, 0) is 12.8 Å². The van der Waals surface area contributed by atoms with Crippen LogP contribution >= 0.6 is 0 Å². The SMILES string of the molecule is CCc1ccc(CCN(C)N)cc1. The quantitative estimate of drug-likeness (QED) is 0.560. The van der Waals surface area contributed by atoms with Crippen LogP contribution < -0.4 is 5.84 Å². The highest BCUT2D eigenvalue weighted by Gasteiger charge is 1.94. The minimum Gasteiger partial charge on any atom is -0.269 e. The van der Waals surface area contributed by atoms with Crippen LogP contribution in [0.15, 0.2) is 24.3 Å². The molecule has 0 saturated carbocycles. The molecule has 0 aromatic heterocycles. The number of nitrogens with two attached hydrogens (primary N) is 1. The number of hydrogen-bond donors (Lipinski definition) is 1. The summed E-state index contributed by atoms with van der Waals surface area (Å²) >= 11 is 0. The van der Waals surface area contributed by atoms with Crippen molar-refractivity contribution in [2.24, 2.45) is 5.84 Å². The Hall–Kier alpha value is -0.860. The fourth-order valence-electron chi connectivity index (χ4n) is 1.25. The molecule has 13 heavy (non-hydrogen) atoms. The van der Waals surface area contributed by atoms with E-state index < -0.39 is 0 Å². The minimum absolute atomic E-state index is 0.908. The monoisotopic (exact) mass is 178 g/mol. The molecule has 2 nitrogen and oxygen atoms in total. The predicted octanol–water partition coefficient (Wildman–Crippen LogP) is 1.60. The van der Waals surface area contributed by atoms with Crippen molar-refractivity contribution in [1.82, 2.24) is 5.01 Å². The van der Waals surface area contributed by atoms with Gasteiger partial charge in [0.25, 0.3) is 0 Å². The van der Waals surface area contributed by atoms with Crippen molar-refractivity contribution < 1.29 is 0 Å². The lowest BCUT2D eigenvalue weighted by molar-refractivity contribution is 0.354. The van der Waals surface area contributed by atoms with Gasteiger partial charge in [-0.2, -0.15) is 0 Å². The molecule has 0 heterocycles. The number of hydrogen-bond acceptors (Lipinski definition) is 2. The third kappa shape index (κ3) is 3.57. The van der Waals surface area contributed by atoms with Gasteiger partial charge in [-0.15, -0.1) is 0 Å². The summed E-state index contributed by atoms with van der Waals surface area (Å²) in [5, 5.41) is 1.72. The Labute approximate surface area is 80.3 Å². The Balaban J connectivity index is 2.49. The van der Waals surface area contributed by atoms with Gasteiger partial charge in [-0.3, -0.25) is 5.84 Å². The fourth-order valence-corrected chi connectivity index (χ4v) is 1.25. The summed E-state index contributed by atoms with van der Waals surface area (Å²) in [6, 6.07) is 8.74. The number of hydrazine groups is 1. The average molecular weight is 178 g/mol. The van der Waals surface area contributed by atoms with Gasteiger partial charge in [0.2, 0.25) is 0 Å². The van der Waals surface area contributed by atoms with Crippen LogP contribution in [0.3, 0.4) is 0 Å². The first kappa shape index (κ1) is 10.2. The van der Waals surface area contributed by atoms with Gasteiger partial charge in [0, 0.05) is 13.6 Å². The molecule has 0 amide bonds. The largest absolute Gasteiger partial charge is 0.269 e. The van der Waals surface area contributed by atoms with Gasteiger partial charge in [-0.1, -0.05) is 31.2 Å². The lowest BCUT2D eigenvalue weighted by Crippen LogP contribution is -2.28. The summed E-state index contributed by atoms with van der Waals surface area (Å²) in [6.07, 6.45) is 2.13. The summed E-state index contributed by atoms with van der Waals surface area (Å²) in [5.74, 6) is 5.53. The molecule has 0 aliphatic heterocycles. The Morgan fingerprint density at radius 3 is 2.15 bits per heavy atom. The summed E-state index contributed by atoms with van der Waals surface area (Å²) in [5.41, 5.74) is 2.75. The Bertz CT molecular complexity index is 239. The normalized spacial score (nSPS) is 10.8. The molecule has 72 valence electrons. The molecule has 0 bridgehead atoms. The van der Waals surface area contributed by atoms with Crippen molar-refractivity contribution in [3.05, 3.63) is 35.4 Å². The molecule has 0 radical (unpaired) electrons. The molecule has 1 aromatic carbocycles. The second-order valence-electron chi connectivity index (χ2n) is 3.40. The van der Waals surface area contributed by atoms with E-state index in [1.807, 2.05) is 7.05 Å². The van der Waals surface area contributed by atoms with E-state index in [2.05, 4.69) is 31.2 Å². The maximum absolute atomic E-state index is 5.53. The van der Waals surface area contributed by atoms with Crippen molar-refractivity contribution in [1.29, 1.82) is 0 Å². The Kier molecular flexibility index (Phi) is 3.93. The van der Waals surface area contributed by atoms with E-state index in [0.717, 1.165) is 19.4 Å². The van der Waals surface area contributed by atoms with Gasteiger partial charge in [0.1, 0.15) is 0 Å². The molecular weight excluding hydrogens is 160 g/mol. The van der Waals surface area contributed by atoms with Crippen molar-refractivity contribution in [2.75, 3.05) is 13.6 Å². The standard InChI is InChI=1S/C11H18N2/c1-3-10-4-6-11(7-5-10)8-9-13(2)12/h4-7H,3,8-9,12H2,1-2H3. The highest BCUT2D eigenvalue weighted by molar-refractivity contribution is 5.22. The first-order chi connectivity index (χ1) is 6.22. The third-order valence-corrected chi connectivity index (χ3v) is 2.18. The molecule has 1 aromatic rings. The van der Waals surface area contributed by atoms with Crippen LogP contribution in [0.1, 0.15) is 18.1 Å². The van der Waals surface area contributed by atoms with Crippen molar-refractivity contribution in [2.45, 2.75) is 19.8 Å². The second-order valence-corrected chi connectivity index (χ2v) is 3.40. The van der Waals surface area contributed by atoms with E-state index in [4.69, 9.17) is 5.84 Å². The molecule has 0 spiro atoms. The Morgan fingerprint density at radius 2 is 1.69 bits per heavy atom. The smallest absolute Gasteiger partial charge is 0.0165 e. The van der Waals surface area contributed by atoms with E-state index in [1.165, 1.54) is 11.1 Å². The fraction of sp³-hybridized carbons (Fsp3) is 0.455. The summed E-state index contributed by atoms with van der Waals surface area (Å²) in [6.45, 7) is 3.08. The van der Waals surface area contributed by atoms with Gasteiger partial charge < -0.3 is 0 Å². The van der Waals surface area contributed by atoms with Gasteiger partial charge in [0.05, 0.1) is 0 Å². The van der Waals surface area contributed by atoms with Gasteiger partial charge in [-0.05, 0) is 24.0 Å². The maximum Gasteiger partial charge on any atom is 0.0165 e. The van der Waals surface area contributed by atoms with E-state index in [-0.39, 0.29) is 0 Å². The highest BCUT2D eigenvalue weighted by atomic mass is 15.4. The number of likely N-dealkylation sites (N-methyl/N-ethyl adjacent to an activating group) is 1. The van der Waals surface area contributed by atoms with E-state index in [1.54, 1.807) is 5.01 Å². The molecule has 0 saturated heterocycles. The molecule has 2 heteroatoms. The van der Waals surface area contributed by atoms with Crippen LogP contribution in [0.5, 0.6) is 0 Å². The number of rotatable bonds is 4. The van der Waals surface area contributed by atoms with Crippen molar-refractivity contribution in [3.8, 4) is 0 Å². The molecule has 2 N–H and O–H groups in total. The Morgan fingerprint density at radius 1 is 1.15 bits per heavy atom. The summed E-state index contributed by atoms with van der Waals surface area (Å²) in [4.78, 5) is 0. The zero-order valence-corrected chi connectivity index (χ0v) is 8.46. The minimum atomic E-state index is 0.908. The second kappa shape index (κ2) is 5.00. The number of aryl methyl sites for hydroxylation is 1. The zero-order valence-electron chi connectivity index (χ0n) is 8.46. The zero-order chi connectivity index (χ0) is 9.68. The van der Waals surface area contributed by atoms with Gasteiger partial charge >= 0.3 is 0 Å². The van der Waals surface area contributed by atoms with Crippen LogP contribution in [0.2, 0.25) is 0 Å². The predicted molar refractivity (Wildman–Crippen MR) is 56.3 cm³/mol. The average Bonchev–Trinajstić information content (AvgIpc) is 2.15. The van der Waals surface area contributed by atoms with Crippen LogP contribution in [0.4, 0.5) is 0 Å². The topological polar surface area (TPSA) is 29.3 Å². The molecule has 0 aliphatic rings. The molecule has 0 unspecified atom stereocenters. The summed E-state index contributed by atoms with van der Waals surface area (Å²) < 4.78 is 0. The number of nitrogens with zero attached hydrogens (tertiary/aromatic N) is 1. The molecule has 0 aliphatic carbocycles. The highest BCUT2D eigenvalue weighted by Crippen LogP contribution is 2.05. The lowest BCUT2D eigenvalue weighted by atomic mass is 10.1.